The average Bonchev–Trinajstić information content (AvgIpc) is 2.83. The molecule has 1 aromatic heterocycles. The van der Waals surface area contributed by atoms with Gasteiger partial charge in [0.05, 0.1) is 0 Å². The molecule has 3 heteroatoms. The largest absolute Gasteiger partial charge is 0.357 e. The van der Waals surface area contributed by atoms with Crippen LogP contribution < -0.4 is 5.73 Å². The van der Waals surface area contributed by atoms with Crippen molar-refractivity contribution in [2.75, 3.05) is 19.6 Å². The van der Waals surface area contributed by atoms with E-state index in [1.54, 1.807) is 0 Å². The lowest BCUT2D eigenvalue weighted by Gasteiger charge is -2.34. The molecule has 0 spiro atoms. The zero-order valence-corrected chi connectivity index (χ0v) is 10.7. The van der Waals surface area contributed by atoms with Crippen LogP contribution in [-0.4, -0.2) is 29.5 Å². The Morgan fingerprint density at radius 3 is 3.00 bits per heavy atom. The molecule has 0 bridgehead atoms. The third-order valence-electron chi connectivity index (χ3n) is 3.94. The van der Waals surface area contributed by atoms with Crippen molar-refractivity contribution in [2.45, 2.75) is 25.3 Å². The maximum absolute atomic E-state index is 5.72. The van der Waals surface area contributed by atoms with E-state index < -0.39 is 0 Å². The van der Waals surface area contributed by atoms with E-state index in [-0.39, 0.29) is 0 Å². The number of para-hydroxylation sites is 1. The summed E-state index contributed by atoms with van der Waals surface area (Å²) in [5, 5.41) is 1.31. The van der Waals surface area contributed by atoms with Crippen LogP contribution in [0, 0.1) is 0 Å². The zero-order chi connectivity index (χ0) is 12.4. The maximum atomic E-state index is 5.72. The van der Waals surface area contributed by atoms with Crippen molar-refractivity contribution in [3.63, 3.8) is 0 Å². The van der Waals surface area contributed by atoms with Gasteiger partial charge >= 0.3 is 0 Å². The fraction of sp³-hybridized carbons (Fsp3) is 0.467. The molecule has 1 unspecified atom stereocenters. The summed E-state index contributed by atoms with van der Waals surface area (Å²) < 4.78 is 0. The maximum Gasteiger partial charge on any atom is 0.0499 e. The molecule has 2 heterocycles. The van der Waals surface area contributed by atoms with Crippen molar-refractivity contribution in [3.8, 4) is 0 Å². The highest BCUT2D eigenvalue weighted by Gasteiger charge is 2.24. The van der Waals surface area contributed by atoms with Crippen LogP contribution in [0.15, 0.2) is 30.3 Å². The molecule has 3 N–H and O–H groups in total. The first kappa shape index (κ1) is 11.8. The third-order valence-corrected chi connectivity index (χ3v) is 3.94. The number of nitrogens with zero attached hydrogens (tertiary/aromatic N) is 1. The molecule has 3 rings (SSSR count). The molecule has 0 aliphatic carbocycles. The summed E-state index contributed by atoms with van der Waals surface area (Å²) in [5.41, 5.74) is 8.32. The van der Waals surface area contributed by atoms with Crippen LogP contribution in [0.25, 0.3) is 10.9 Å². The van der Waals surface area contributed by atoms with Crippen molar-refractivity contribution < 1.29 is 0 Å². The monoisotopic (exact) mass is 243 g/mol. The minimum absolute atomic E-state index is 0.523. The van der Waals surface area contributed by atoms with Gasteiger partial charge in [-0.25, -0.2) is 0 Å². The van der Waals surface area contributed by atoms with Gasteiger partial charge in [0.1, 0.15) is 0 Å². The quantitative estimate of drug-likeness (QED) is 0.870. The fourth-order valence-electron chi connectivity index (χ4n) is 3.05. The summed E-state index contributed by atoms with van der Waals surface area (Å²) in [5.74, 6) is 0. The minimum atomic E-state index is 0.523. The molecule has 2 aromatic rings. The highest BCUT2D eigenvalue weighted by Crippen LogP contribution is 2.31. The number of nitrogens with two attached hydrogens (primary N) is 1. The van der Waals surface area contributed by atoms with E-state index in [2.05, 4.69) is 40.2 Å². The summed E-state index contributed by atoms with van der Waals surface area (Å²) in [6, 6.07) is 11.3. The van der Waals surface area contributed by atoms with Gasteiger partial charge in [-0.2, -0.15) is 0 Å². The first-order valence-corrected chi connectivity index (χ1v) is 6.90. The lowest BCUT2D eigenvalue weighted by atomic mass is 9.99. The van der Waals surface area contributed by atoms with Crippen molar-refractivity contribution in [1.29, 1.82) is 0 Å². The summed E-state index contributed by atoms with van der Waals surface area (Å²) in [7, 11) is 0. The van der Waals surface area contributed by atoms with E-state index in [0.717, 1.165) is 13.1 Å². The Morgan fingerprint density at radius 1 is 1.28 bits per heavy atom. The van der Waals surface area contributed by atoms with Crippen molar-refractivity contribution in [2.24, 2.45) is 5.73 Å². The molecule has 1 fully saturated rings. The number of H-pyrrole nitrogens is 1. The van der Waals surface area contributed by atoms with Crippen molar-refractivity contribution >= 4 is 10.9 Å². The molecule has 1 aromatic carbocycles. The lowest BCUT2D eigenvalue weighted by molar-refractivity contribution is 0.150. The van der Waals surface area contributed by atoms with Crippen molar-refractivity contribution in [3.05, 3.63) is 36.0 Å². The number of rotatable bonds is 3. The molecule has 3 nitrogen and oxygen atoms in total. The molecular weight excluding hydrogens is 222 g/mol. The van der Waals surface area contributed by atoms with Gasteiger partial charge in [-0.1, -0.05) is 24.6 Å². The molecule has 0 amide bonds. The zero-order valence-electron chi connectivity index (χ0n) is 10.7. The number of aromatic nitrogens is 1. The van der Waals surface area contributed by atoms with Gasteiger partial charge in [-0.15, -0.1) is 0 Å². The van der Waals surface area contributed by atoms with E-state index in [1.807, 2.05) is 0 Å². The Morgan fingerprint density at radius 2 is 2.17 bits per heavy atom. The number of hydrogen-bond donors (Lipinski definition) is 2. The second-order valence-electron chi connectivity index (χ2n) is 5.15. The number of benzene rings is 1. The standard InChI is InChI=1S/C15H21N3/c16-8-10-18-9-4-3-7-15(18)14-11-12-5-1-2-6-13(12)17-14/h1-2,5-6,11,15,17H,3-4,7-10,16H2. The van der Waals surface area contributed by atoms with Crippen molar-refractivity contribution in [1.82, 2.24) is 9.88 Å². The normalized spacial score (nSPS) is 21.5. The van der Waals surface area contributed by atoms with Crippen LogP contribution in [-0.2, 0) is 0 Å². The molecule has 1 aliphatic heterocycles. The predicted molar refractivity (Wildman–Crippen MR) is 75.5 cm³/mol. The van der Waals surface area contributed by atoms with Crippen LogP contribution in [0.5, 0.6) is 0 Å². The SMILES string of the molecule is NCCN1CCCCC1c1cc2ccccc2[nH]1. The van der Waals surface area contributed by atoms with Gasteiger partial charge in [0.2, 0.25) is 0 Å². The number of aromatic amines is 1. The first-order chi connectivity index (χ1) is 8.88. The lowest BCUT2D eigenvalue weighted by Crippen LogP contribution is -2.37. The van der Waals surface area contributed by atoms with E-state index in [0.29, 0.717) is 6.04 Å². The van der Waals surface area contributed by atoms with Crippen LogP contribution in [0.2, 0.25) is 0 Å². The topological polar surface area (TPSA) is 45.0 Å². The van der Waals surface area contributed by atoms with Gasteiger partial charge in [-0.05, 0) is 36.9 Å². The van der Waals surface area contributed by atoms with Crippen LogP contribution >= 0.6 is 0 Å². The number of likely N-dealkylation sites (tertiary alicyclic amines) is 1. The Labute approximate surface area is 108 Å². The van der Waals surface area contributed by atoms with E-state index >= 15 is 0 Å². The molecule has 18 heavy (non-hydrogen) atoms. The Balaban J connectivity index is 1.91. The van der Waals surface area contributed by atoms with E-state index in [9.17, 15) is 0 Å². The first-order valence-electron chi connectivity index (χ1n) is 6.90. The summed E-state index contributed by atoms with van der Waals surface area (Å²) in [4.78, 5) is 6.09. The van der Waals surface area contributed by atoms with Crippen LogP contribution in [0.4, 0.5) is 0 Å². The molecule has 1 atom stereocenters. The Kier molecular flexibility index (Phi) is 3.35. The fourth-order valence-corrected chi connectivity index (χ4v) is 3.05. The second kappa shape index (κ2) is 5.12. The Bertz CT molecular complexity index is 482. The van der Waals surface area contributed by atoms with Gasteiger partial charge in [0.25, 0.3) is 0 Å². The number of piperidine rings is 1. The van der Waals surface area contributed by atoms with Gasteiger partial charge in [-0.3, -0.25) is 4.90 Å². The summed E-state index contributed by atoms with van der Waals surface area (Å²) in [6.45, 7) is 2.92. The molecule has 0 radical (unpaired) electrons. The van der Waals surface area contributed by atoms with Gasteiger partial charge in [0.15, 0.2) is 0 Å². The second-order valence-corrected chi connectivity index (χ2v) is 5.15. The van der Waals surface area contributed by atoms with E-state index in [4.69, 9.17) is 5.73 Å². The summed E-state index contributed by atoms with van der Waals surface area (Å²) in [6.07, 6.45) is 3.87. The van der Waals surface area contributed by atoms with Gasteiger partial charge < -0.3 is 10.7 Å². The van der Waals surface area contributed by atoms with E-state index in [1.165, 1.54) is 42.4 Å². The summed E-state index contributed by atoms with van der Waals surface area (Å²) >= 11 is 0. The average molecular weight is 243 g/mol. The molecule has 96 valence electrons. The highest BCUT2D eigenvalue weighted by atomic mass is 15.2. The van der Waals surface area contributed by atoms with Crippen LogP contribution in [0.3, 0.4) is 0 Å². The Hall–Kier alpha value is -1.32. The number of fused-ring (bicyclic) bond motifs is 1. The predicted octanol–water partition coefficient (Wildman–Crippen LogP) is 2.65. The molecule has 0 saturated carbocycles. The molecular formula is C15H21N3. The minimum Gasteiger partial charge on any atom is -0.357 e. The highest BCUT2D eigenvalue weighted by molar-refractivity contribution is 5.80. The molecule has 1 aliphatic rings. The number of hydrogen-bond acceptors (Lipinski definition) is 2. The molecule has 1 saturated heterocycles. The van der Waals surface area contributed by atoms with Crippen LogP contribution in [0.1, 0.15) is 31.0 Å². The third kappa shape index (κ3) is 2.16. The number of nitrogens with one attached hydrogen (secondary N) is 1. The smallest absolute Gasteiger partial charge is 0.0499 e. The van der Waals surface area contributed by atoms with Gasteiger partial charge in [0, 0.05) is 30.3 Å².